The zero-order chi connectivity index (χ0) is 14.0. The molecular formula is C14H15NO4. The number of carbonyl (C=O) groups is 2. The molecule has 1 amide bonds. The minimum absolute atomic E-state index is 0.0948. The number of amides is 1. The number of carboxylic acids is 1. The van der Waals surface area contributed by atoms with E-state index in [9.17, 15) is 9.59 Å². The third kappa shape index (κ3) is 2.76. The number of carbonyl (C=O) groups excluding carboxylic acids is 1. The van der Waals surface area contributed by atoms with Gasteiger partial charge in [0.15, 0.2) is 5.76 Å². The van der Waals surface area contributed by atoms with Crippen molar-refractivity contribution in [3.05, 3.63) is 36.1 Å². The number of carboxylic acid groups (broad SMARTS) is 1. The molecule has 0 bridgehead atoms. The lowest BCUT2D eigenvalue weighted by Gasteiger charge is -2.22. The first-order chi connectivity index (χ1) is 8.99. The number of furan rings is 1. The van der Waals surface area contributed by atoms with Crippen molar-refractivity contribution in [1.29, 1.82) is 0 Å². The molecular weight excluding hydrogens is 246 g/mol. The van der Waals surface area contributed by atoms with Crippen LogP contribution >= 0.6 is 0 Å². The van der Waals surface area contributed by atoms with Crippen molar-refractivity contribution in [2.45, 2.75) is 19.4 Å². The molecule has 0 radical (unpaired) electrons. The number of benzene rings is 1. The molecule has 2 aromatic rings. The number of para-hydroxylation sites is 1. The molecule has 1 aromatic heterocycles. The summed E-state index contributed by atoms with van der Waals surface area (Å²) < 4.78 is 5.47. The van der Waals surface area contributed by atoms with Gasteiger partial charge < -0.3 is 14.4 Å². The Morgan fingerprint density at radius 2 is 2.05 bits per heavy atom. The summed E-state index contributed by atoms with van der Waals surface area (Å²) in [4.78, 5) is 24.2. The largest absolute Gasteiger partial charge is 0.481 e. The number of fused-ring (bicyclic) bond motifs is 1. The Morgan fingerprint density at radius 3 is 2.68 bits per heavy atom. The van der Waals surface area contributed by atoms with Crippen LogP contribution in [0.5, 0.6) is 0 Å². The topological polar surface area (TPSA) is 70.8 Å². The molecule has 0 fully saturated rings. The Bertz CT molecular complexity index is 584. The van der Waals surface area contributed by atoms with E-state index in [1.165, 1.54) is 4.90 Å². The highest BCUT2D eigenvalue weighted by Crippen LogP contribution is 2.20. The molecule has 1 unspecified atom stereocenters. The molecule has 2 rings (SSSR count). The third-order valence-corrected chi connectivity index (χ3v) is 3.09. The average Bonchev–Trinajstić information content (AvgIpc) is 2.79. The molecule has 0 saturated carbocycles. The monoisotopic (exact) mass is 261 g/mol. The standard InChI is InChI=1S/C14H15NO4/c1-9(7-13(16)17)15(2)14(18)12-8-10-5-3-4-6-11(10)19-12/h3-6,8-9H,7H2,1-2H3,(H,16,17). The van der Waals surface area contributed by atoms with Crippen LogP contribution in [0.4, 0.5) is 0 Å². The molecule has 0 aliphatic carbocycles. The first-order valence-corrected chi connectivity index (χ1v) is 5.96. The molecule has 19 heavy (non-hydrogen) atoms. The second-order valence-corrected chi connectivity index (χ2v) is 4.51. The Morgan fingerprint density at radius 1 is 1.37 bits per heavy atom. The molecule has 0 saturated heterocycles. The molecule has 0 spiro atoms. The van der Waals surface area contributed by atoms with E-state index in [4.69, 9.17) is 9.52 Å². The van der Waals surface area contributed by atoms with E-state index in [0.717, 1.165) is 5.39 Å². The second kappa shape index (κ2) is 5.14. The normalized spacial score (nSPS) is 12.3. The van der Waals surface area contributed by atoms with Crippen LogP contribution in [0.15, 0.2) is 34.7 Å². The van der Waals surface area contributed by atoms with E-state index >= 15 is 0 Å². The molecule has 1 aromatic carbocycles. The molecule has 0 aliphatic heterocycles. The van der Waals surface area contributed by atoms with Crippen LogP contribution in [0.3, 0.4) is 0 Å². The van der Waals surface area contributed by atoms with Crippen molar-refractivity contribution in [2.75, 3.05) is 7.05 Å². The van der Waals surface area contributed by atoms with E-state index < -0.39 is 12.0 Å². The summed E-state index contributed by atoms with van der Waals surface area (Å²) >= 11 is 0. The van der Waals surface area contributed by atoms with E-state index in [2.05, 4.69) is 0 Å². The van der Waals surface area contributed by atoms with E-state index in [-0.39, 0.29) is 18.1 Å². The van der Waals surface area contributed by atoms with E-state index in [0.29, 0.717) is 5.58 Å². The van der Waals surface area contributed by atoms with Crippen LogP contribution in [0, 0.1) is 0 Å². The van der Waals surface area contributed by atoms with Gasteiger partial charge in [0.05, 0.1) is 6.42 Å². The zero-order valence-corrected chi connectivity index (χ0v) is 10.8. The van der Waals surface area contributed by atoms with Crippen molar-refractivity contribution in [3.8, 4) is 0 Å². The number of hydrogen-bond donors (Lipinski definition) is 1. The Hall–Kier alpha value is -2.30. The molecule has 5 nitrogen and oxygen atoms in total. The van der Waals surface area contributed by atoms with Crippen LogP contribution in [-0.2, 0) is 4.79 Å². The Labute approximate surface area is 110 Å². The maximum atomic E-state index is 12.2. The first-order valence-electron chi connectivity index (χ1n) is 5.96. The number of nitrogens with zero attached hydrogens (tertiary/aromatic N) is 1. The van der Waals surface area contributed by atoms with Crippen LogP contribution < -0.4 is 0 Å². The van der Waals surface area contributed by atoms with Gasteiger partial charge in [0.1, 0.15) is 5.58 Å². The molecule has 1 N–H and O–H groups in total. The average molecular weight is 261 g/mol. The summed E-state index contributed by atoms with van der Waals surface area (Å²) in [6.07, 6.45) is -0.0948. The summed E-state index contributed by atoms with van der Waals surface area (Å²) in [6.45, 7) is 1.69. The summed E-state index contributed by atoms with van der Waals surface area (Å²) in [7, 11) is 1.57. The van der Waals surface area contributed by atoms with Gasteiger partial charge >= 0.3 is 5.97 Å². The van der Waals surface area contributed by atoms with Gasteiger partial charge in [-0.05, 0) is 19.1 Å². The van der Waals surface area contributed by atoms with Crippen molar-refractivity contribution in [2.24, 2.45) is 0 Å². The van der Waals surface area contributed by atoms with Gasteiger partial charge in [0.25, 0.3) is 5.91 Å². The third-order valence-electron chi connectivity index (χ3n) is 3.09. The van der Waals surface area contributed by atoms with Crippen molar-refractivity contribution >= 4 is 22.8 Å². The van der Waals surface area contributed by atoms with E-state index in [1.807, 2.05) is 18.2 Å². The zero-order valence-electron chi connectivity index (χ0n) is 10.8. The highest BCUT2D eigenvalue weighted by molar-refractivity contribution is 5.96. The fourth-order valence-electron chi connectivity index (χ4n) is 1.85. The predicted octanol–water partition coefficient (Wildman–Crippen LogP) is 2.37. The first kappa shape index (κ1) is 13.1. The molecule has 0 aliphatic rings. The van der Waals surface area contributed by atoms with Crippen LogP contribution in [0.2, 0.25) is 0 Å². The lowest BCUT2D eigenvalue weighted by Crippen LogP contribution is -2.36. The summed E-state index contributed by atoms with van der Waals surface area (Å²) in [5.41, 5.74) is 0.644. The maximum Gasteiger partial charge on any atom is 0.305 e. The van der Waals surface area contributed by atoms with Crippen LogP contribution in [0.1, 0.15) is 23.9 Å². The van der Waals surface area contributed by atoms with Crippen molar-refractivity contribution in [3.63, 3.8) is 0 Å². The minimum Gasteiger partial charge on any atom is -0.481 e. The van der Waals surface area contributed by atoms with Gasteiger partial charge in [-0.25, -0.2) is 0 Å². The molecule has 1 heterocycles. The summed E-state index contributed by atoms with van der Waals surface area (Å²) in [6, 6.07) is 8.61. The maximum absolute atomic E-state index is 12.2. The van der Waals surface area contributed by atoms with Gasteiger partial charge in [0.2, 0.25) is 0 Å². The van der Waals surface area contributed by atoms with Gasteiger partial charge in [-0.3, -0.25) is 9.59 Å². The summed E-state index contributed by atoms with van der Waals surface area (Å²) in [5, 5.41) is 9.59. The van der Waals surface area contributed by atoms with Gasteiger partial charge in [0, 0.05) is 18.5 Å². The van der Waals surface area contributed by atoms with E-state index in [1.54, 1.807) is 26.1 Å². The quantitative estimate of drug-likeness (QED) is 0.917. The second-order valence-electron chi connectivity index (χ2n) is 4.51. The predicted molar refractivity (Wildman–Crippen MR) is 70.0 cm³/mol. The molecule has 1 atom stereocenters. The molecule has 100 valence electrons. The Balaban J connectivity index is 2.21. The van der Waals surface area contributed by atoms with Gasteiger partial charge in [-0.15, -0.1) is 0 Å². The highest BCUT2D eigenvalue weighted by atomic mass is 16.4. The van der Waals surface area contributed by atoms with Crippen LogP contribution in [0.25, 0.3) is 11.0 Å². The number of aliphatic carboxylic acids is 1. The van der Waals surface area contributed by atoms with Crippen molar-refractivity contribution in [1.82, 2.24) is 4.90 Å². The van der Waals surface area contributed by atoms with Gasteiger partial charge in [-0.2, -0.15) is 0 Å². The highest BCUT2D eigenvalue weighted by Gasteiger charge is 2.22. The lowest BCUT2D eigenvalue weighted by atomic mass is 10.2. The minimum atomic E-state index is -0.934. The SMILES string of the molecule is CC(CC(=O)O)N(C)C(=O)c1cc2ccccc2o1. The van der Waals surface area contributed by atoms with Crippen molar-refractivity contribution < 1.29 is 19.1 Å². The lowest BCUT2D eigenvalue weighted by molar-refractivity contribution is -0.137. The number of rotatable bonds is 4. The number of hydrogen-bond acceptors (Lipinski definition) is 3. The molecule has 5 heteroatoms. The van der Waals surface area contributed by atoms with Gasteiger partial charge in [-0.1, -0.05) is 18.2 Å². The summed E-state index contributed by atoms with van der Waals surface area (Å²) in [5.74, 6) is -1.03. The smallest absolute Gasteiger partial charge is 0.305 e. The fraction of sp³-hybridized carbons (Fsp3) is 0.286. The van der Waals surface area contributed by atoms with Crippen LogP contribution in [-0.4, -0.2) is 35.0 Å². The Kier molecular flexibility index (Phi) is 3.55. The fourth-order valence-corrected chi connectivity index (χ4v) is 1.85.